The molecule has 3 aromatic heterocycles. The standard InChI is InChI=1S/C26H26N2O3S2/c1-6-17-16(5)33-25(23(17)26(30)31-14(2)3)28-24(29)19-13-21(22-12-11-15(4)32-22)27-20-10-8-7-9-18(19)20/h7-14H,6H2,1-5H3,(H,28,29). The molecule has 4 aromatic rings. The van der Waals surface area contributed by atoms with Gasteiger partial charge in [-0.3, -0.25) is 4.79 Å². The summed E-state index contributed by atoms with van der Waals surface area (Å²) in [6, 6.07) is 13.5. The van der Waals surface area contributed by atoms with E-state index in [9.17, 15) is 9.59 Å². The van der Waals surface area contributed by atoms with Gasteiger partial charge in [0.15, 0.2) is 0 Å². The Morgan fingerprint density at radius 1 is 1.09 bits per heavy atom. The molecule has 0 fully saturated rings. The number of fused-ring (bicyclic) bond motifs is 1. The number of rotatable bonds is 6. The van der Waals surface area contributed by atoms with Gasteiger partial charge in [0.25, 0.3) is 5.91 Å². The molecule has 0 saturated carbocycles. The van der Waals surface area contributed by atoms with E-state index in [4.69, 9.17) is 9.72 Å². The molecule has 0 radical (unpaired) electrons. The quantitative estimate of drug-likeness (QED) is 0.302. The lowest BCUT2D eigenvalue weighted by Gasteiger charge is -2.12. The first-order valence-electron chi connectivity index (χ1n) is 10.9. The molecule has 0 bridgehead atoms. The molecular formula is C26H26N2O3S2. The molecule has 1 aromatic carbocycles. The van der Waals surface area contributed by atoms with Crippen LogP contribution in [0.5, 0.6) is 0 Å². The molecule has 0 aliphatic heterocycles. The second kappa shape index (κ2) is 9.45. The van der Waals surface area contributed by atoms with Crippen LogP contribution in [0.15, 0.2) is 42.5 Å². The van der Waals surface area contributed by atoms with Crippen molar-refractivity contribution in [1.82, 2.24) is 4.98 Å². The zero-order valence-corrected chi connectivity index (χ0v) is 20.9. The molecule has 0 unspecified atom stereocenters. The predicted molar refractivity (Wildman–Crippen MR) is 137 cm³/mol. The van der Waals surface area contributed by atoms with Crippen LogP contribution in [0, 0.1) is 13.8 Å². The number of nitrogens with zero attached hydrogens (tertiary/aromatic N) is 1. The molecule has 0 aliphatic rings. The second-order valence-electron chi connectivity index (χ2n) is 8.09. The maximum atomic E-state index is 13.5. The number of aromatic nitrogens is 1. The van der Waals surface area contributed by atoms with Crippen LogP contribution in [0.25, 0.3) is 21.5 Å². The number of anilines is 1. The minimum absolute atomic E-state index is 0.244. The maximum Gasteiger partial charge on any atom is 0.341 e. The number of hydrogen-bond acceptors (Lipinski definition) is 6. The van der Waals surface area contributed by atoms with Crippen molar-refractivity contribution in [1.29, 1.82) is 0 Å². The average Bonchev–Trinajstić information content (AvgIpc) is 3.34. The number of thiophene rings is 2. The molecular weight excluding hydrogens is 452 g/mol. The summed E-state index contributed by atoms with van der Waals surface area (Å²) in [6.45, 7) is 9.64. The molecule has 3 heterocycles. The highest BCUT2D eigenvalue weighted by Gasteiger charge is 2.25. The smallest absolute Gasteiger partial charge is 0.341 e. The van der Waals surface area contributed by atoms with E-state index >= 15 is 0 Å². The van der Waals surface area contributed by atoms with E-state index in [-0.39, 0.29) is 12.0 Å². The summed E-state index contributed by atoms with van der Waals surface area (Å²) in [7, 11) is 0. The molecule has 170 valence electrons. The van der Waals surface area contributed by atoms with Gasteiger partial charge in [-0.1, -0.05) is 25.1 Å². The monoisotopic (exact) mass is 478 g/mol. The number of para-hydroxylation sites is 1. The number of pyridine rings is 1. The first-order valence-corrected chi connectivity index (χ1v) is 12.5. The number of ether oxygens (including phenoxy) is 1. The van der Waals surface area contributed by atoms with E-state index in [2.05, 4.69) is 5.32 Å². The van der Waals surface area contributed by atoms with Crippen LogP contribution in [0.4, 0.5) is 5.00 Å². The van der Waals surface area contributed by atoms with Gasteiger partial charge in [0, 0.05) is 15.1 Å². The number of amides is 1. The SMILES string of the molecule is CCc1c(C)sc(NC(=O)c2cc(-c3ccc(C)s3)nc3ccccc23)c1C(=O)OC(C)C. The van der Waals surface area contributed by atoms with Crippen molar-refractivity contribution in [2.45, 2.75) is 47.1 Å². The van der Waals surface area contributed by atoms with Crippen LogP contribution in [0.3, 0.4) is 0 Å². The molecule has 33 heavy (non-hydrogen) atoms. The van der Waals surface area contributed by atoms with Gasteiger partial charge >= 0.3 is 5.97 Å². The van der Waals surface area contributed by atoms with Crippen LogP contribution in [0.1, 0.15) is 56.8 Å². The molecule has 0 saturated heterocycles. The summed E-state index contributed by atoms with van der Waals surface area (Å²) < 4.78 is 5.48. The van der Waals surface area contributed by atoms with Crippen LogP contribution >= 0.6 is 22.7 Å². The fourth-order valence-electron chi connectivity index (χ4n) is 3.81. The Morgan fingerprint density at radius 2 is 1.85 bits per heavy atom. The van der Waals surface area contributed by atoms with Gasteiger partial charge in [0.2, 0.25) is 0 Å². The fourth-order valence-corrected chi connectivity index (χ4v) is 5.77. The minimum Gasteiger partial charge on any atom is -0.459 e. The van der Waals surface area contributed by atoms with Crippen molar-refractivity contribution in [2.24, 2.45) is 0 Å². The number of aryl methyl sites for hydroxylation is 2. The van der Waals surface area contributed by atoms with Crippen LogP contribution in [-0.4, -0.2) is 23.0 Å². The molecule has 7 heteroatoms. The third-order valence-electron chi connectivity index (χ3n) is 5.29. The maximum absolute atomic E-state index is 13.5. The Hall–Kier alpha value is -3.03. The normalized spacial score (nSPS) is 11.2. The van der Waals surface area contributed by atoms with E-state index in [0.717, 1.165) is 31.9 Å². The fraction of sp³-hybridized carbons (Fsp3) is 0.269. The number of carbonyl (C=O) groups excluding carboxylic acids is 2. The molecule has 0 atom stereocenters. The molecule has 1 amide bonds. The average molecular weight is 479 g/mol. The number of hydrogen-bond donors (Lipinski definition) is 1. The summed E-state index contributed by atoms with van der Waals surface area (Å²) in [5.41, 5.74) is 3.40. The first kappa shape index (κ1) is 23.1. The zero-order chi connectivity index (χ0) is 23.7. The van der Waals surface area contributed by atoms with E-state index in [0.29, 0.717) is 22.5 Å². The van der Waals surface area contributed by atoms with Gasteiger partial charge in [0.1, 0.15) is 5.00 Å². The number of carbonyl (C=O) groups is 2. The molecule has 1 N–H and O–H groups in total. The van der Waals surface area contributed by atoms with Gasteiger partial charge in [0.05, 0.1) is 33.3 Å². The van der Waals surface area contributed by atoms with Gasteiger partial charge < -0.3 is 10.1 Å². The van der Waals surface area contributed by atoms with Crippen molar-refractivity contribution in [2.75, 3.05) is 5.32 Å². The first-order chi connectivity index (χ1) is 15.8. The van der Waals surface area contributed by atoms with Crippen molar-refractivity contribution in [3.63, 3.8) is 0 Å². The van der Waals surface area contributed by atoms with E-state index in [1.54, 1.807) is 11.3 Å². The third kappa shape index (κ3) is 4.70. The van der Waals surface area contributed by atoms with Crippen molar-refractivity contribution in [3.8, 4) is 10.6 Å². The predicted octanol–water partition coefficient (Wildman–Crippen LogP) is 7.02. The van der Waals surface area contributed by atoms with Crippen molar-refractivity contribution in [3.05, 3.63) is 68.9 Å². The summed E-state index contributed by atoms with van der Waals surface area (Å²) in [6.07, 6.45) is 0.438. The summed E-state index contributed by atoms with van der Waals surface area (Å²) >= 11 is 3.05. The Kier molecular flexibility index (Phi) is 6.63. The Bertz CT molecular complexity index is 1350. The van der Waals surface area contributed by atoms with Gasteiger partial charge in [-0.05, 0) is 63.9 Å². The molecule has 5 nitrogen and oxygen atoms in total. The Labute approximate surface area is 201 Å². The summed E-state index contributed by atoms with van der Waals surface area (Å²) in [4.78, 5) is 34.4. The van der Waals surface area contributed by atoms with Crippen LogP contribution < -0.4 is 5.32 Å². The van der Waals surface area contributed by atoms with Gasteiger partial charge in [-0.2, -0.15) is 0 Å². The van der Waals surface area contributed by atoms with Crippen molar-refractivity contribution >= 4 is 50.5 Å². The van der Waals surface area contributed by atoms with Gasteiger partial charge in [-0.25, -0.2) is 9.78 Å². The summed E-state index contributed by atoms with van der Waals surface area (Å²) in [5, 5.41) is 4.30. The topological polar surface area (TPSA) is 68.3 Å². The molecule has 0 spiro atoms. The zero-order valence-electron chi connectivity index (χ0n) is 19.3. The number of esters is 1. The largest absolute Gasteiger partial charge is 0.459 e. The molecule has 0 aliphatic carbocycles. The minimum atomic E-state index is -0.407. The molecule has 4 rings (SSSR count). The van der Waals surface area contributed by atoms with Crippen molar-refractivity contribution < 1.29 is 14.3 Å². The lowest BCUT2D eigenvalue weighted by atomic mass is 10.1. The third-order valence-corrected chi connectivity index (χ3v) is 7.38. The summed E-state index contributed by atoms with van der Waals surface area (Å²) in [5.74, 6) is -0.679. The van der Waals surface area contributed by atoms with E-state index in [1.807, 2.05) is 77.1 Å². The van der Waals surface area contributed by atoms with Crippen LogP contribution in [0.2, 0.25) is 0 Å². The van der Waals surface area contributed by atoms with E-state index in [1.165, 1.54) is 16.2 Å². The second-order valence-corrected chi connectivity index (χ2v) is 10.6. The highest BCUT2D eigenvalue weighted by Crippen LogP contribution is 2.36. The number of benzene rings is 1. The lowest BCUT2D eigenvalue weighted by molar-refractivity contribution is 0.0378. The highest BCUT2D eigenvalue weighted by molar-refractivity contribution is 7.17. The Morgan fingerprint density at radius 3 is 2.52 bits per heavy atom. The lowest BCUT2D eigenvalue weighted by Crippen LogP contribution is -2.17. The van der Waals surface area contributed by atoms with E-state index < -0.39 is 5.97 Å². The number of nitrogens with one attached hydrogen (secondary N) is 1. The van der Waals surface area contributed by atoms with Gasteiger partial charge in [-0.15, -0.1) is 22.7 Å². The Balaban J connectivity index is 1.78. The highest BCUT2D eigenvalue weighted by atomic mass is 32.1. The van der Waals surface area contributed by atoms with Crippen LogP contribution in [-0.2, 0) is 11.2 Å².